The zero-order chi connectivity index (χ0) is 17.6. The van der Waals surface area contributed by atoms with Gasteiger partial charge in [-0.3, -0.25) is 9.59 Å². The molecule has 4 nitrogen and oxygen atoms in total. The Morgan fingerprint density at radius 1 is 1.08 bits per heavy atom. The van der Waals surface area contributed by atoms with E-state index in [-0.39, 0.29) is 12.3 Å². The number of carbonyl (C=O) groups is 2. The van der Waals surface area contributed by atoms with Crippen LogP contribution in [0, 0.1) is 5.82 Å². The predicted molar refractivity (Wildman–Crippen MR) is 91.2 cm³/mol. The number of nitrogens with zero attached hydrogens (tertiary/aromatic N) is 1. The van der Waals surface area contributed by atoms with Crippen LogP contribution < -0.4 is 4.90 Å². The van der Waals surface area contributed by atoms with Gasteiger partial charge in [0.05, 0.1) is 5.69 Å². The Morgan fingerprint density at radius 3 is 2.64 bits per heavy atom. The molecule has 128 valence electrons. The van der Waals surface area contributed by atoms with Crippen LogP contribution >= 0.6 is 0 Å². The van der Waals surface area contributed by atoms with Crippen LogP contribution in [-0.2, 0) is 27.8 Å². The van der Waals surface area contributed by atoms with E-state index < -0.39 is 17.2 Å². The number of carbonyl (C=O) groups excluding carboxylic acids is 1. The third kappa shape index (κ3) is 2.34. The quantitative estimate of drug-likeness (QED) is 0.935. The van der Waals surface area contributed by atoms with Gasteiger partial charge in [-0.1, -0.05) is 36.4 Å². The van der Waals surface area contributed by atoms with Gasteiger partial charge in [-0.2, -0.15) is 0 Å². The SMILES string of the molecule is O=C(CC1(C(=O)O)CCc2ccccc21)N1CCc2cccc(F)c21. The monoisotopic (exact) mass is 339 g/mol. The molecule has 0 aromatic heterocycles. The first-order chi connectivity index (χ1) is 12.0. The molecule has 1 heterocycles. The largest absolute Gasteiger partial charge is 0.481 e. The first-order valence-electron chi connectivity index (χ1n) is 8.42. The summed E-state index contributed by atoms with van der Waals surface area (Å²) < 4.78 is 14.2. The van der Waals surface area contributed by atoms with E-state index in [1.165, 1.54) is 11.0 Å². The van der Waals surface area contributed by atoms with Gasteiger partial charge >= 0.3 is 5.97 Å². The first-order valence-corrected chi connectivity index (χ1v) is 8.42. The molecule has 0 spiro atoms. The highest BCUT2D eigenvalue weighted by Crippen LogP contribution is 2.43. The van der Waals surface area contributed by atoms with Crippen LogP contribution in [0.4, 0.5) is 10.1 Å². The fourth-order valence-corrected chi connectivity index (χ4v) is 4.18. The van der Waals surface area contributed by atoms with Crippen LogP contribution in [-0.4, -0.2) is 23.5 Å². The molecule has 1 atom stereocenters. The van der Waals surface area contributed by atoms with Crippen molar-refractivity contribution < 1.29 is 19.1 Å². The molecular formula is C20H18FNO3. The Kier molecular flexibility index (Phi) is 3.60. The maximum atomic E-state index is 14.2. The number of aryl methyl sites for hydroxylation is 1. The lowest BCUT2D eigenvalue weighted by atomic mass is 9.78. The average molecular weight is 339 g/mol. The molecule has 2 aromatic carbocycles. The van der Waals surface area contributed by atoms with Crippen LogP contribution in [0.2, 0.25) is 0 Å². The second-order valence-corrected chi connectivity index (χ2v) is 6.76. The normalized spacial score (nSPS) is 21.1. The molecule has 0 fully saturated rings. The Labute approximate surface area is 144 Å². The standard InChI is InChI=1S/C20H18FNO3/c21-16-7-3-5-14-9-11-22(18(14)16)17(23)12-20(19(24)25)10-8-13-4-1-2-6-15(13)20/h1-7H,8-12H2,(H,24,25). The zero-order valence-electron chi connectivity index (χ0n) is 13.7. The minimum atomic E-state index is -1.22. The lowest BCUT2D eigenvalue weighted by molar-refractivity contribution is -0.146. The number of benzene rings is 2. The van der Waals surface area contributed by atoms with E-state index >= 15 is 0 Å². The zero-order valence-corrected chi connectivity index (χ0v) is 13.7. The highest BCUT2D eigenvalue weighted by atomic mass is 19.1. The Bertz CT molecular complexity index is 879. The molecule has 2 aromatic rings. The number of carboxylic acids is 1. The van der Waals surface area contributed by atoms with Crippen LogP contribution in [0.25, 0.3) is 0 Å². The van der Waals surface area contributed by atoms with Crippen molar-refractivity contribution in [3.8, 4) is 0 Å². The van der Waals surface area contributed by atoms with Crippen molar-refractivity contribution in [2.24, 2.45) is 0 Å². The molecule has 1 aliphatic carbocycles. The maximum absolute atomic E-state index is 14.2. The van der Waals surface area contributed by atoms with E-state index in [4.69, 9.17) is 0 Å². The highest BCUT2D eigenvalue weighted by Gasteiger charge is 2.48. The summed E-state index contributed by atoms with van der Waals surface area (Å²) in [5.41, 5.74) is 1.57. The number of halogens is 1. The lowest BCUT2D eigenvalue weighted by Gasteiger charge is -2.28. The molecule has 1 unspecified atom stereocenters. The van der Waals surface area contributed by atoms with Gasteiger partial charge < -0.3 is 10.0 Å². The summed E-state index contributed by atoms with van der Waals surface area (Å²) in [7, 11) is 0. The van der Waals surface area contributed by atoms with Crippen molar-refractivity contribution in [3.63, 3.8) is 0 Å². The Hall–Kier alpha value is -2.69. The van der Waals surface area contributed by atoms with Crippen molar-refractivity contribution in [1.82, 2.24) is 0 Å². The number of anilines is 1. The molecule has 5 heteroatoms. The maximum Gasteiger partial charge on any atom is 0.314 e. The fraction of sp³-hybridized carbons (Fsp3) is 0.300. The molecule has 0 radical (unpaired) electrons. The van der Waals surface area contributed by atoms with Crippen molar-refractivity contribution in [2.45, 2.75) is 31.1 Å². The number of carboxylic acid groups (broad SMARTS) is 1. The summed E-state index contributed by atoms with van der Waals surface area (Å²) in [6.45, 7) is 0.395. The smallest absolute Gasteiger partial charge is 0.314 e. The fourth-order valence-electron chi connectivity index (χ4n) is 4.18. The van der Waals surface area contributed by atoms with Gasteiger partial charge in [0.1, 0.15) is 11.2 Å². The number of aliphatic carboxylic acids is 1. The van der Waals surface area contributed by atoms with Gasteiger partial charge in [0.15, 0.2) is 0 Å². The van der Waals surface area contributed by atoms with Crippen molar-refractivity contribution in [2.75, 3.05) is 11.4 Å². The molecule has 0 saturated carbocycles. The number of fused-ring (bicyclic) bond motifs is 2. The topological polar surface area (TPSA) is 57.6 Å². The van der Waals surface area contributed by atoms with Gasteiger partial charge in [0.25, 0.3) is 0 Å². The van der Waals surface area contributed by atoms with Crippen LogP contribution in [0.15, 0.2) is 42.5 Å². The van der Waals surface area contributed by atoms with Crippen molar-refractivity contribution in [3.05, 3.63) is 65.0 Å². The molecule has 25 heavy (non-hydrogen) atoms. The van der Waals surface area contributed by atoms with E-state index in [9.17, 15) is 19.1 Å². The van der Waals surface area contributed by atoms with Crippen LogP contribution in [0.3, 0.4) is 0 Å². The highest BCUT2D eigenvalue weighted by molar-refractivity contribution is 6.00. The van der Waals surface area contributed by atoms with Gasteiger partial charge in [0, 0.05) is 13.0 Å². The molecule has 0 saturated heterocycles. The summed E-state index contributed by atoms with van der Waals surface area (Å²) in [6, 6.07) is 12.2. The minimum absolute atomic E-state index is 0.146. The number of para-hydroxylation sites is 1. The number of rotatable bonds is 3. The van der Waals surface area contributed by atoms with Gasteiger partial charge in [-0.25, -0.2) is 4.39 Å². The molecular weight excluding hydrogens is 321 g/mol. The van der Waals surface area contributed by atoms with Crippen molar-refractivity contribution in [1.29, 1.82) is 0 Å². The van der Waals surface area contributed by atoms with Gasteiger partial charge in [-0.05, 0) is 42.0 Å². The summed E-state index contributed by atoms with van der Waals surface area (Å²) in [6.07, 6.45) is 1.48. The summed E-state index contributed by atoms with van der Waals surface area (Å²) in [5, 5.41) is 9.91. The van der Waals surface area contributed by atoms with Crippen LogP contribution in [0.1, 0.15) is 29.5 Å². The summed E-state index contributed by atoms with van der Waals surface area (Å²) in [4.78, 5) is 26.4. The summed E-state index contributed by atoms with van der Waals surface area (Å²) in [5.74, 6) is -1.75. The van der Waals surface area contributed by atoms with E-state index in [0.717, 1.165) is 11.1 Å². The molecule has 4 rings (SSSR count). The van der Waals surface area contributed by atoms with Gasteiger partial charge in [0.2, 0.25) is 5.91 Å². The first kappa shape index (κ1) is 15.8. The van der Waals surface area contributed by atoms with Crippen molar-refractivity contribution >= 4 is 17.6 Å². The Balaban J connectivity index is 1.68. The lowest BCUT2D eigenvalue weighted by Crippen LogP contribution is -2.41. The van der Waals surface area contributed by atoms with E-state index in [2.05, 4.69) is 0 Å². The second-order valence-electron chi connectivity index (χ2n) is 6.76. The number of hydrogen-bond acceptors (Lipinski definition) is 2. The third-order valence-corrected chi connectivity index (χ3v) is 5.46. The van der Waals surface area contributed by atoms with E-state index in [1.54, 1.807) is 18.2 Å². The molecule has 1 amide bonds. The van der Waals surface area contributed by atoms with E-state index in [0.29, 0.717) is 37.1 Å². The molecule has 1 N–H and O–H groups in total. The second kappa shape index (κ2) is 5.69. The average Bonchev–Trinajstić information content (AvgIpc) is 3.19. The number of hydrogen-bond donors (Lipinski definition) is 1. The number of amides is 1. The molecule has 0 bridgehead atoms. The Morgan fingerprint density at radius 2 is 1.84 bits per heavy atom. The minimum Gasteiger partial charge on any atom is -0.481 e. The third-order valence-electron chi connectivity index (χ3n) is 5.46. The predicted octanol–water partition coefficient (Wildman–Crippen LogP) is 3.07. The molecule has 2 aliphatic rings. The molecule has 1 aliphatic heterocycles. The van der Waals surface area contributed by atoms with Gasteiger partial charge in [-0.15, -0.1) is 0 Å². The van der Waals surface area contributed by atoms with Crippen LogP contribution in [0.5, 0.6) is 0 Å². The summed E-state index contributed by atoms with van der Waals surface area (Å²) >= 11 is 0. The van der Waals surface area contributed by atoms with E-state index in [1.807, 2.05) is 18.2 Å².